The molecule has 3 rings (SSSR count). The Morgan fingerprint density at radius 3 is 2.78 bits per heavy atom. The van der Waals surface area contributed by atoms with Crippen LogP contribution in [0.3, 0.4) is 0 Å². The Morgan fingerprint density at radius 1 is 1.41 bits per heavy atom. The van der Waals surface area contributed by atoms with Crippen LogP contribution in [0.5, 0.6) is 0 Å². The van der Waals surface area contributed by atoms with Crippen molar-refractivity contribution >= 4 is 17.4 Å². The molecule has 2 aliphatic heterocycles. The molecule has 1 aromatic heterocycles. The van der Waals surface area contributed by atoms with E-state index in [-0.39, 0.29) is 0 Å². The zero-order chi connectivity index (χ0) is 19.6. The van der Waals surface area contributed by atoms with Crippen molar-refractivity contribution in [3.8, 4) is 0 Å². The van der Waals surface area contributed by atoms with Gasteiger partial charge in [-0.05, 0) is 55.6 Å². The molecule has 3 heterocycles. The number of amides is 1. The molecule has 0 bridgehead atoms. The normalized spacial score (nSPS) is 19.5. The Balaban J connectivity index is 1.75. The van der Waals surface area contributed by atoms with E-state index in [0.717, 1.165) is 63.2 Å². The lowest BCUT2D eigenvalue weighted by molar-refractivity contribution is -0.129. The topological polar surface area (TPSA) is 74.7 Å². The number of carbonyl (C=O) groups is 1. The minimum absolute atomic E-state index is 0.395. The van der Waals surface area contributed by atoms with Crippen LogP contribution in [0.25, 0.3) is 0 Å². The van der Waals surface area contributed by atoms with E-state index in [2.05, 4.69) is 16.3 Å². The summed E-state index contributed by atoms with van der Waals surface area (Å²) >= 11 is 0. The summed E-state index contributed by atoms with van der Waals surface area (Å²) in [4.78, 5) is 19.6. The van der Waals surface area contributed by atoms with E-state index in [0.29, 0.717) is 11.7 Å². The molecule has 1 aromatic rings. The largest absolute Gasteiger partial charge is 0.383 e. The number of hydrogen-bond acceptors (Lipinski definition) is 5. The van der Waals surface area contributed by atoms with Crippen molar-refractivity contribution in [1.29, 1.82) is 0 Å². The smallest absolute Gasteiger partial charge is 0.254 e. The number of ether oxygens (including phenoxy) is 1. The maximum atomic E-state index is 12.4. The maximum Gasteiger partial charge on any atom is 0.254 e. The fourth-order valence-corrected chi connectivity index (χ4v) is 3.79. The zero-order valence-corrected chi connectivity index (χ0v) is 17.0. The molecule has 27 heavy (non-hydrogen) atoms. The van der Waals surface area contributed by atoms with E-state index in [1.54, 1.807) is 0 Å². The van der Waals surface area contributed by atoms with Gasteiger partial charge in [-0.2, -0.15) is 0 Å². The molecule has 0 aliphatic carbocycles. The third-order valence-electron chi connectivity index (χ3n) is 5.58. The molecular weight excluding hydrogens is 342 g/mol. The predicted octanol–water partition coefficient (Wildman–Crippen LogP) is 2.91. The number of fused-ring (bicyclic) bond motifs is 1. The number of aliphatic hydroxyl groups is 1. The third kappa shape index (κ3) is 4.79. The summed E-state index contributed by atoms with van der Waals surface area (Å²) in [6, 6.07) is 2.14. The first-order chi connectivity index (χ1) is 12.8. The molecule has 1 unspecified atom stereocenters. The number of pyridine rings is 1. The minimum Gasteiger partial charge on any atom is -0.383 e. The lowest BCUT2D eigenvalue weighted by Gasteiger charge is -2.35. The second-order valence-electron chi connectivity index (χ2n) is 8.98. The van der Waals surface area contributed by atoms with Gasteiger partial charge in [-0.1, -0.05) is 20.8 Å². The Kier molecular flexibility index (Phi) is 6.06. The van der Waals surface area contributed by atoms with Gasteiger partial charge in [0, 0.05) is 26.3 Å². The number of nitrogens with zero attached hydrogens (tertiary/aromatic N) is 2. The lowest BCUT2D eigenvalue weighted by Crippen LogP contribution is -2.39. The van der Waals surface area contributed by atoms with Crippen LogP contribution in [0.15, 0.2) is 6.07 Å². The Morgan fingerprint density at radius 2 is 2.11 bits per heavy atom. The fraction of sp³-hybridized carbons (Fsp3) is 0.714. The molecule has 0 aromatic carbocycles. The van der Waals surface area contributed by atoms with Crippen molar-refractivity contribution in [2.24, 2.45) is 11.3 Å². The van der Waals surface area contributed by atoms with Gasteiger partial charge in [-0.25, -0.2) is 4.98 Å². The Hall–Kier alpha value is -1.66. The molecular formula is C21H33N3O3. The first-order valence-corrected chi connectivity index (χ1v) is 10.1. The Labute approximate surface area is 162 Å². The lowest BCUT2D eigenvalue weighted by atomic mass is 9.88. The summed E-state index contributed by atoms with van der Waals surface area (Å²) in [5.74, 6) is 0.842. The number of hydrogen-bond donors (Lipinski definition) is 2. The zero-order valence-electron chi connectivity index (χ0n) is 17.0. The highest BCUT2D eigenvalue weighted by molar-refractivity contribution is 5.94. The minimum atomic E-state index is -1.07. The average Bonchev–Trinajstić information content (AvgIpc) is 2.62. The number of aryl methyl sites for hydroxylation is 2. The van der Waals surface area contributed by atoms with E-state index < -0.39 is 17.4 Å². The van der Waals surface area contributed by atoms with Gasteiger partial charge in [-0.3, -0.25) is 4.79 Å². The highest BCUT2D eigenvalue weighted by Crippen LogP contribution is 2.32. The van der Waals surface area contributed by atoms with E-state index in [9.17, 15) is 9.90 Å². The van der Waals surface area contributed by atoms with Crippen LogP contribution in [0, 0.1) is 18.3 Å². The van der Waals surface area contributed by atoms with Gasteiger partial charge in [0.25, 0.3) is 5.91 Å². The summed E-state index contributed by atoms with van der Waals surface area (Å²) in [6.07, 6.45) is 3.17. The number of carbonyl (C=O) groups excluding carboxylic acids is 1. The van der Waals surface area contributed by atoms with Gasteiger partial charge in [0.05, 0.1) is 11.4 Å². The predicted molar refractivity (Wildman–Crippen MR) is 107 cm³/mol. The van der Waals surface area contributed by atoms with E-state index >= 15 is 0 Å². The molecule has 2 aliphatic rings. The molecule has 1 fully saturated rings. The molecule has 1 atom stereocenters. The molecule has 1 saturated heterocycles. The number of aromatic nitrogens is 1. The van der Waals surface area contributed by atoms with Crippen molar-refractivity contribution in [2.45, 2.75) is 59.5 Å². The molecule has 1 amide bonds. The van der Waals surface area contributed by atoms with Crippen molar-refractivity contribution in [1.82, 2.24) is 4.98 Å². The highest BCUT2D eigenvalue weighted by Gasteiger charge is 2.30. The second kappa shape index (κ2) is 8.15. The standard InChI is InChI=1S/C21H33N3O3/c1-14-12-17-16(22-19(14)23-20(26)18(25)21(2,3)4)6-5-9-24(17)13-15-7-10-27-11-8-15/h12,15,18,25H,5-11,13H2,1-4H3,(H,22,23,26). The summed E-state index contributed by atoms with van der Waals surface area (Å²) in [5.41, 5.74) is 2.66. The molecule has 0 saturated carbocycles. The first kappa shape index (κ1) is 20.1. The highest BCUT2D eigenvalue weighted by atomic mass is 16.5. The second-order valence-corrected chi connectivity index (χ2v) is 8.98. The van der Waals surface area contributed by atoms with Crippen LogP contribution < -0.4 is 10.2 Å². The van der Waals surface area contributed by atoms with Crippen molar-refractivity contribution in [3.63, 3.8) is 0 Å². The summed E-state index contributed by atoms with van der Waals surface area (Å²) < 4.78 is 5.48. The first-order valence-electron chi connectivity index (χ1n) is 10.1. The monoisotopic (exact) mass is 375 g/mol. The number of rotatable bonds is 4. The van der Waals surface area contributed by atoms with Crippen molar-refractivity contribution < 1.29 is 14.6 Å². The number of anilines is 2. The van der Waals surface area contributed by atoms with Gasteiger partial charge < -0.3 is 20.1 Å². The van der Waals surface area contributed by atoms with Gasteiger partial charge in [-0.15, -0.1) is 0 Å². The van der Waals surface area contributed by atoms with E-state index in [1.165, 1.54) is 5.69 Å². The molecule has 6 nitrogen and oxygen atoms in total. The van der Waals surface area contributed by atoms with Gasteiger partial charge in [0.1, 0.15) is 11.9 Å². The van der Waals surface area contributed by atoms with Crippen LogP contribution in [0.4, 0.5) is 11.5 Å². The average molecular weight is 376 g/mol. The van der Waals surface area contributed by atoms with Crippen LogP contribution in [0.1, 0.15) is 51.3 Å². The summed E-state index contributed by atoms with van der Waals surface area (Å²) in [6.45, 7) is 11.3. The Bertz CT molecular complexity index is 678. The fourth-order valence-electron chi connectivity index (χ4n) is 3.79. The molecule has 150 valence electrons. The van der Waals surface area contributed by atoms with Gasteiger partial charge >= 0.3 is 0 Å². The van der Waals surface area contributed by atoms with E-state index in [1.807, 2.05) is 27.7 Å². The number of nitrogens with one attached hydrogen (secondary N) is 1. The maximum absolute atomic E-state index is 12.4. The van der Waals surface area contributed by atoms with E-state index in [4.69, 9.17) is 9.72 Å². The molecule has 0 radical (unpaired) electrons. The van der Waals surface area contributed by atoms with Crippen LogP contribution in [-0.2, 0) is 16.0 Å². The SMILES string of the molecule is Cc1cc2c(nc1NC(=O)C(O)C(C)(C)C)CCCN2CC1CCOCC1. The molecule has 2 N–H and O–H groups in total. The molecule has 0 spiro atoms. The van der Waals surface area contributed by atoms with Crippen molar-refractivity contribution in [2.75, 3.05) is 36.5 Å². The van der Waals surface area contributed by atoms with Gasteiger partial charge in [0.2, 0.25) is 0 Å². The van der Waals surface area contributed by atoms with Crippen LogP contribution >= 0.6 is 0 Å². The van der Waals surface area contributed by atoms with Gasteiger partial charge in [0.15, 0.2) is 0 Å². The van der Waals surface area contributed by atoms with Crippen LogP contribution in [0.2, 0.25) is 0 Å². The van der Waals surface area contributed by atoms with Crippen LogP contribution in [-0.4, -0.2) is 48.4 Å². The summed E-state index contributed by atoms with van der Waals surface area (Å²) in [5, 5.41) is 13.0. The quantitative estimate of drug-likeness (QED) is 0.846. The van der Waals surface area contributed by atoms with Crippen molar-refractivity contribution in [3.05, 3.63) is 17.3 Å². The molecule has 6 heteroatoms. The number of aliphatic hydroxyl groups excluding tert-OH is 1. The summed E-state index contributed by atoms with van der Waals surface area (Å²) in [7, 11) is 0. The third-order valence-corrected chi connectivity index (χ3v) is 5.58.